The summed E-state index contributed by atoms with van der Waals surface area (Å²) in [6.07, 6.45) is 1.30. The molecule has 2 rings (SSSR count). The average Bonchev–Trinajstić information content (AvgIpc) is 2.60. The zero-order valence-corrected chi connectivity index (χ0v) is 13.0. The molecule has 1 aromatic rings. The van der Waals surface area contributed by atoms with Gasteiger partial charge < -0.3 is 5.32 Å². The molecule has 0 spiro atoms. The predicted octanol–water partition coefficient (Wildman–Crippen LogP) is 4.13. The fourth-order valence-electron chi connectivity index (χ4n) is 2.08. The molecular formula is C12H18BrNS2. The molecule has 1 N–H and O–H groups in total. The summed E-state index contributed by atoms with van der Waals surface area (Å²) in [4.78, 5) is 1.42. The van der Waals surface area contributed by atoms with Crippen molar-refractivity contribution >= 4 is 39.0 Å². The molecule has 0 radical (unpaired) electrons. The van der Waals surface area contributed by atoms with Gasteiger partial charge in [0.05, 0.1) is 0 Å². The fraction of sp³-hybridized carbons (Fsp3) is 0.667. The molecule has 0 aliphatic carbocycles. The van der Waals surface area contributed by atoms with Crippen molar-refractivity contribution < 1.29 is 0 Å². The molecule has 1 aromatic heterocycles. The van der Waals surface area contributed by atoms with Crippen LogP contribution in [0.4, 0.5) is 0 Å². The van der Waals surface area contributed by atoms with E-state index in [1.54, 1.807) is 0 Å². The number of rotatable bonds is 3. The fourth-order valence-corrected chi connectivity index (χ4v) is 4.80. The van der Waals surface area contributed by atoms with E-state index in [-0.39, 0.29) is 0 Å². The minimum Gasteiger partial charge on any atom is -0.308 e. The highest BCUT2D eigenvalue weighted by Gasteiger charge is 2.27. The molecule has 0 amide bonds. The first-order valence-electron chi connectivity index (χ1n) is 5.59. The molecule has 0 aromatic carbocycles. The third-order valence-corrected chi connectivity index (χ3v) is 6.12. The van der Waals surface area contributed by atoms with Gasteiger partial charge >= 0.3 is 0 Å². The average molecular weight is 320 g/mol. The Morgan fingerprint density at radius 3 is 3.00 bits per heavy atom. The molecule has 0 bridgehead atoms. The Kier molecular flexibility index (Phi) is 4.38. The highest BCUT2D eigenvalue weighted by molar-refractivity contribution is 9.10. The number of halogens is 1. The van der Waals surface area contributed by atoms with Crippen LogP contribution in [0.3, 0.4) is 0 Å². The number of thioether (sulfide) groups is 1. The van der Waals surface area contributed by atoms with Crippen molar-refractivity contribution in [1.82, 2.24) is 5.32 Å². The maximum Gasteiger partial charge on any atom is 0.0303 e. The zero-order valence-electron chi connectivity index (χ0n) is 9.75. The van der Waals surface area contributed by atoms with E-state index in [9.17, 15) is 0 Å². The molecule has 1 fully saturated rings. The van der Waals surface area contributed by atoms with Gasteiger partial charge in [-0.3, -0.25) is 0 Å². The molecule has 4 heteroatoms. The van der Waals surface area contributed by atoms with Gasteiger partial charge in [0.2, 0.25) is 0 Å². The van der Waals surface area contributed by atoms with Crippen LogP contribution < -0.4 is 5.32 Å². The molecule has 1 aliphatic heterocycles. The third-order valence-electron chi connectivity index (χ3n) is 2.80. The van der Waals surface area contributed by atoms with Crippen LogP contribution in [-0.4, -0.2) is 17.5 Å². The van der Waals surface area contributed by atoms with E-state index in [1.807, 2.05) is 11.3 Å². The summed E-state index contributed by atoms with van der Waals surface area (Å²) in [6.45, 7) is 5.75. The van der Waals surface area contributed by atoms with Crippen LogP contribution in [0, 0.1) is 5.41 Å². The van der Waals surface area contributed by atoms with Crippen molar-refractivity contribution in [2.24, 2.45) is 5.41 Å². The second-order valence-electron chi connectivity index (χ2n) is 5.19. The summed E-state index contributed by atoms with van der Waals surface area (Å²) in [5.41, 5.74) is 0.497. The number of hydrogen-bond acceptors (Lipinski definition) is 3. The largest absolute Gasteiger partial charge is 0.308 e. The normalized spacial score (nSPS) is 24.6. The summed E-state index contributed by atoms with van der Waals surface area (Å²) >= 11 is 7.40. The van der Waals surface area contributed by atoms with Gasteiger partial charge in [0.1, 0.15) is 0 Å². The van der Waals surface area contributed by atoms with Crippen molar-refractivity contribution in [3.05, 3.63) is 20.8 Å². The van der Waals surface area contributed by atoms with E-state index in [2.05, 4.69) is 58.3 Å². The monoisotopic (exact) mass is 319 g/mol. The molecule has 0 saturated carbocycles. The smallest absolute Gasteiger partial charge is 0.0303 e. The Hall–Kier alpha value is 0.490. The summed E-state index contributed by atoms with van der Waals surface area (Å²) in [5, 5.41) is 5.82. The summed E-state index contributed by atoms with van der Waals surface area (Å²) < 4.78 is 1.20. The number of nitrogens with one attached hydrogen (secondary N) is 1. The van der Waals surface area contributed by atoms with Crippen molar-refractivity contribution in [3.8, 4) is 0 Å². The Morgan fingerprint density at radius 2 is 2.38 bits per heavy atom. The van der Waals surface area contributed by atoms with E-state index in [0.29, 0.717) is 11.5 Å². The highest BCUT2D eigenvalue weighted by atomic mass is 79.9. The Balaban J connectivity index is 1.82. The van der Waals surface area contributed by atoms with Gasteiger partial charge in [0.15, 0.2) is 0 Å². The molecule has 1 saturated heterocycles. The lowest BCUT2D eigenvalue weighted by Crippen LogP contribution is -2.39. The van der Waals surface area contributed by atoms with Gasteiger partial charge in [-0.15, -0.1) is 11.3 Å². The summed E-state index contributed by atoms with van der Waals surface area (Å²) in [6, 6.07) is 2.88. The minimum atomic E-state index is 0.497. The number of hydrogen-bond donors (Lipinski definition) is 1. The van der Waals surface area contributed by atoms with Crippen LogP contribution in [-0.2, 0) is 6.54 Å². The van der Waals surface area contributed by atoms with Crippen molar-refractivity contribution in [2.45, 2.75) is 32.9 Å². The SMILES string of the molecule is CC1(C)CSCC(NCc2cc(Br)cs2)C1. The maximum atomic E-state index is 3.68. The highest BCUT2D eigenvalue weighted by Crippen LogP contribution is 2.33. The van der Waals surface area contributed by atoms with Crippen molar-refractivity contribution in [3.63, 3.8) is 0 Å². The van der Waals surface area contributed by atoms with Crippen molar-refractivity contribution in [1.29, 1.82) is 0 Å². The quantitative estimate of drug-likeness (QED) is 0.899. The van der Waals surface area contributed by atoms with Crippen molar-refractivity contribution in [2.75, 3.05) is 11.5 Å². The molecule has 1 atom stereocenters. The van der Waals surface area contributed by atoms with Crippen LogP contribution in [0.25, 0.3) is 0 Å². The van der Waals surface area contributed by atoms with Gasteiger partial charge in [-0.1, -0.05) is 13.8 Å². The molecule has 1 nitrogen and oxygen atoms in total. The van der Waals surface area contributed by atoms with Crippen LogP contribution in [0.5, 0.6) is 0 Å². The molecule has 2 heterocycles. The van der Waals surface area contributed by atoms with Gasteiger partial charge in [-0.05, 0) is 39.6 Å². The maximum absolute atomic E-state index is 3.68. The third kappa shape index (κ3) is 3.76. The first-order chi connectivity index (χ1) is 7.55. The Morgan fingerprint density at radius 1 is 1.56 bits per heavy atom. The van der Waals surface area contributed by atoms with E-state index < -0.39 is 0 Å². The van der Waals surface area contributed by atoms with Crippen LogP contribution in [0.15, 0.2) is 15.9 Å². The van der Waals surface area contributed by atoms with E-state index in [4.69, 9.17) is 0 Å². The van der Waals surface area contributed by atoms with Gasteiger partial charge in [-0.25, -0.2) is 0 Å². The lowest BCUT2D eigenvalue weighted by Gasteiger charge is -2.35. The molecule has 1 unspecified atom stereocenters. The summed E-state index contributed by atoms with van der Waals surface area (Å²) in [7, 11) is 0. The molecule has 16 heavy (non-hydrogen) atoms. The number of thiophene rings is 1. The Labute approximate surface area is 115 Å². The topological polar surface area (TPSA) is 12.0 Å². The molecular weight excluding hydrogens is 302 g/mol. The van der Waals surface area contributed by atoms with Crippen LogP contribution in [0.2, 0.25) is 0 Å². The lowest BCUT2D eigenvalue weighted by molar-refractivity contribution is 0.318. The second kappa shape index (κ2) is 5.42. The minimum absolute atomic E-state index is 0.497. The Bertz CT molecular complexity index is 349. The second-order valence-corrected chi connectivity index (χ2v) is 8.13. The first kappa shape index (κ1) is 12.9. The van der Waals surface area contributed by atoms with E-state index in [0.717, 1.165) is 6.54 Å². The standard InChI is InChI=1S/C12H18BrNS2/c1-12(2)4-10(7-15-8-12)14-5-11-3-9(13)6-16-11/h3,6,10,14H,4-5,7-8H2,1-2H3. The predicted molar refractivity (Wildman–Crippen MR) is 78.4 cm³/mol. The van der Waals surface area contributed by atoms with Crippen LogP contribution >= 0.6 is 39.0 Å². The lowest BCUT2D eigenvalue weighted by atomic mass is 9.88. The molecule has 1 aliphatic rings. The van der Waals surface area contributed by atoms with E-state index >= 15 is 0 Å². The van der Waals surface area contributed by atoms with Gasteiger partial charge in [0.25, 0.3) is 0 Å². The van der Waals surface area contributed by atoms with E-state index in [1.165, 1.54) is 27.3 Å². The molecule has 90 valence electrons. The van der Waals surface area contributed by atoms with Gasteiger partial charge in [0, 0.05) is 33.1 Å². The summed E-state index contributed by atoms with van der Waals surface area (Å²) in [5.74, 6) is 2.56. The van der Waals surface area contributed by atoms with Gasteiger partial charge in [-0.2, -0.15) is 11.8 Å². The van der Waals surface area contributed by atoms with Crippen LogP contribution in [0.1, 0.15) is 25.1 Å². The first-order valence-corrected chi connectivity index (χ1v) is 8.42. The zero-order chi connectivity index (χ0) is 11.6.